The van der Waals surface area contributed by atoms with Crippen LogP contribution in [-0.2, 0) is 19.6 Å². The van der Waals surface area contributed by atoms with Crippen LogP contribution in [0.25, 0.3) is 22.7 Å². The van der Waals surface area contributed by atoms with Gasteiger partial charge in [-0.1, -0.05) is 30.5 Å². The summed E-state index contributed by atoms with van der Waals surface area (Å²) >= 11 is 6.01. The Labute approximate surface area is 244 Å². The quantitative estimate of drug-likeness (QED) is 0.168. The number of carbonyl (C=O) groups excluding carboxylic acids is 1. The van der Waals surface area contributed by atoms with E-state index in [2.05, 4.69) is 30.5 Å². The maximum Gasteiger partial charge on any atom is 0.270 e. The molecule has 17 heteroatoms. The Morgan fingerprint density at radius 1 is 1.21 bits per heavy atom. The van der Waals surface area contributed by atoms with Gasteiger partial charge in [-0.2, -0.15) is 5.10 Å². The van der Waals surface area contributed by atoms with Crippen LogP contribution in [0.2, 0.25) is 5.02 Å². The number of nitrogens with one attached hydrogen (secondary N) is 2. The first-order chi connectivity index (χ1) is 20.2. The maximum absolute atomic E-state index is 13.5. The molecule has 6 rings (SSSR count). The van der Waals surface area contributed by atoms with E-state index in [0.29, 0.717) is 15.6 Å². The van der Waals surface area contributed by atoms with Crippen molar-refractivity contribution in [1.29, 1.82) is 0 Å². The number of anilines is 2. The van der Waals surface area contributed by atoms with Crippen LogP contribution in [-0.4, -0.2) is 90.8 Å². The predicted molar refractivity (Wildman–Crippen MR) is 149 cm³/mol. The predicted octanol–water partition coefficient (Wildman–Crippen LogP) is 1.19. The smallest absolute Gasteiger partial charge is 0.270 e. The molecule has 2 fully saturated rings. The number of rotatable bonds is 9. The molecule has 1 saturated heterocycles. The van der Waals surface area contributed by atoms with Crippen molar-refractivity contribution in [2.45, 2.75) is 61.2 Å². The Bertz CT molecular complexity index is 1720. The fraction of sp³-hybridized carbons (Fsp3) is 0.400. The molecule has 4 atom stereocenters. The van der Waals surface area contributed by atoms with Gasteiger partial charge in [0.1, 0.15) is 29.7 Å². The molecular weight excluding hydrogens is 592 g/mol. The van der Waals surface area contributed by atoms with E-state index < -0.39 is 41.2 Å². The zero-order chi connectivity index (χ0) is 29.6. The van der Waals surface area contributed by atoms with Crippen molar-refractivity contribution in [3.05, 3.63) is 41.8 Å². The van der Waals surface area contributed by atoms with E-state index in [9.17, 15) is 28.5 Å². The van der Waals surface area contributed by atoms with E-state index in [1.807, 2.05) is 0 Å². The van der Waals surface area contributed by atoms with Gasteiger partial charge in [-0.05, 0) is 31.0 Å². The lowest BCUT2D eigenvalue weighted by Crippen LogP contribution is -2.33. The Morgan fingerprint density at radius 3 is 2.69 bits per heavy atom. The minimum absolute atomic E-state index is 0.0120. The van der Waals surface area contributed by atoms with Crippen molar-refractivity contribution in [1.82, 2.24) is 29.7 Å². The lowest BCUT2D eigenvalue weighted by atomic mass is 10.1. The number of aliphatic hydroxyl groups excluding tert-OH is 3. The Kier molecular flexibility index (Phi) is 7.59. The van der Waals surface area contributed by atoms with Crippen molar-refractivity contribution in [3.8, 4) is 11.5 Å². The van der Waals surface area contributed by atoms with Gasteiger partial charge in [0.15, 0.2) is 29.0 Å². The summed E-state index contributed by atoms with van der Waals surface area (Å²) in [7, 11) is -4.40. The van der Waals surface area contributed by atoms with Gasteiger partial charge in [0.05, 0.1) is 24.0 Å². The number of amides is 1. The van der Waals surface area contributed by atoms with Crippen LogP contribution in [0.5, 0.6) is 0 Å². The second-order valence-electron chi connectivity index (χ2n) is 10.1. The summed E-state index contributed by atoms with van der Waals surface area (Å²) in [5.41, 5.74) is 0.391. The lowest BCUT2D eigenvalue weighted by Gasteiger charge is -2.19. The second-order valence-corrected chi connectivity index (χ2v) is 12.3. The number of hydrogen-bond acceptors (Lipinski definition) is 12. The van der Waals surface area contributed by atoms with Crippen molar-refractivity contribution in [3.63, 3.8) is 0 Å². The van der Waals surface area contributed by atoms with Crippen LogP contribution in [0.3, 0.4) is 0 Å². The molecule has 42 heavy (non-hydrogen) atoms. The molecular formula is C25H27ClN8O7S. The van der Waals surface area contributed by atoms with Crippen LogP contribution >= 0.6 is 11.6 Å². The number of ether oxygens (including phenoxy) is 1. The second kappa shape index (κ2) is 11.2. The number of aromatic nitrogens is 6. The number of benzene rings is 1. The summed E-state index contributed by atoms with van der Waals surface area (Å²) in [5, 5.41) is 40.8. The number of imidazole rings is 1. The van der Waals surface area contributed by atoms with E-state index in [0.717, 1.165) is 31.9 Å². The highest BCUT2D eigenvalue weighted by Crippen LogP contribution is 2.36. The first-order valence-corrected chi connectivity index (χ1v) is 15.0. The number of carbonyl (C=O) groups is 1. The average molecular weight is 619 g/mol. The van der Waals surface area contributed by atoms with Gasteiger partial charge < -0.3 is 25.4 Å². The van der Waals surface area contributed by atoms with Gasteiger partial charge in [0, 0.05) is 11.1 Å². The van der Waals surface area contributed by atoms with Crippen LogP contribution in [0, 0.1) is 0 Å². The molecule has 1 aromatic carbocycles. The van der Waals surface area contributed by atoms with E-state index >= 15 is 0 Å². The van der Waals surface area contributed by atoms with Crippen LogP contribution in [0.1, 0.15) is 31.9 Å². The van der Waals surface area contributed by atoms with Crippen LogP contribution < -0.4 is 9.62 Å². The molecule has 2 aliphatic rings. The largest absolute Gasteiger partial charge is 0.394 e. The highest BCUT2D eigenvalue weighted by Gasteiger charge is 2.44. The molecule has 4 heterocycles. The lowest BCUT2D eigenvalue weighted by molar-refractivity contribution is -0.106. The third-order valence-corrected chi connectivity index (χ3v) is 9.32. The van der Waals surface area contributed by atoms with Gasteiger partial charge >= 0.3 is 0 Å². The zero-order valence-corrected chi connectivity index (χ0v) is 23.5. The first kappa shape index (κ1) is 28.4. The molecule has 5 N–H and O–H groups in total. The summed E-state index contributed by atoms with van der Waals surface area (Å²) in [6.45, 7) is -0.518. The van der Waals surface area contributed by atoms with Gasteiger partial charge in [0.25, 0.3) is 10.0 Å². The summed E-state index contributed by atoms with van der Waals surface area (Å²) in [5.74, 6) is 0.306. The van der Waals surface area contributed by atoms with Gasteiger partial charge in [-0.3, -0.25) is 14.5 Å². The zero-order valence-electron chi connectivity index (χ0n) is 21.9. The van der Waals surface area contributed by atoms with Gasteiger partial charge in [-0.25, -0.2) is 27.7 Å². The Balaban J connectivity index is 1.48. The van der Waals surface area contributed by atoms with E-state index in [4.69, 9.17) is 16.3 Å². The molecule has 1 saturated carbocycles. The van der Waals surface area contributed by atoms with Crippen molar-refractivity contribution in [2.75, 3.05) is 16.2 Å². The number of nitrogens with zero attached hydrogens (tertiary/aromatic N) is 6. The number of halogens is 1. The van der Waals surface area contributed by atoms with Crippen molar-refractivity contribution < 1.29 is 33.3 Å². The molecule has 1 aliphatic heterocycles. The molecule has 0 radical (unpaired) electrons. The Hall–Kier alpha value is -3.67. The first-order valence-electron chi connectivity index (χ1n) is 13.2. The number of aliphatic hydroxyl groups is 3. The third kappa shape index (κ3) is 4.89. The van der Waals surface area contributed by atoms with E-state index in [1.165, 1.54) is 35.2 Å². The molecule has 0 spiro atoms. The standard InChI is InChI=1S/C25H27ClN8O7S/c26-13-4-3-7-15(8-13)42(39,40)34(12-36)16-9-28-32-18(16)22-30-23(29-14-5-1-2-6-14)19-24(31-22)33(11-27-19)25-21(38)20(37)17(10-35)41-25/h3-4,7-9,11-12,14,17,20-21,25,35,37-38H,1-2,5-6,10H2,(H,28,32)(H,29,30,31)/t17-,20?,21?,25-/m1/s1. The fourth-order valence-corrected chi connectivity index (χ4v) is 6.80. The minimum Gasteiger partial charge on any atom is -0.394 e. The molecule has 1 aliphatic carbocycles. The number of fused-ring (bicyclic) bond motifs is 1. The normalized spacial score (nSPS) is 23.0. The van der Waals surface area contributed by atoms with Crippen molar-refractivity contribution in [2.24, 2.45) is 0 Å². The Morgan fingerprint density at radius 2 is 2.00 bits per heavy atom. The average Bonchev–Trinajstić information content (AvgIpc) is 3.78. The minimum atomic E-state index is -4.40. The molecule has 1 amide bonds. The van der Waals surface area contributed by atoms with Crippen molar-refractivity contribution >= 4 is 50.7 Å². The van der Waals surface area contributed by atoms with Gasteiger partial charge in [0.2, 0.25) is 6.41 Å². The van der Waals surface area contributed by atoms with Crippen LogP contribution in [0.15, 0.2) is 41.7 Å². The summed E-state index contributed by atoms with van der Waals surface area (Å²) < 4.78 is 34.5. The molecule has 2 unspecified atom stereocenters. The third-order valence-electron chi connectivity index (χ3n) is 7.44. The van der Waals surface area contributed by atoms with E-state index in [1.54, 1.807) is 0 Å². The molecule has 0 bridgehead atoms. The number of H-pyrrole nitrogens is 1. The maximum atomic E-state index is 13.5. The fourth-order valence-electron chi connectivity index (χ4n) is 5.28. The topological polar surface area (TPSA) is 209 Å². The highest BCUT2D eigenvalue weighted by atomic mass is 35.5. The monoisotopic (exact) mass is 618 g/mol. The number of hydrogen-bond donors (Lipinski definition) is 5. The van der Waals surface area contributed by atoms with E-state index in [-0.39, 0.29) is 45.2 Å². The summed E-state index contributed by atoms with van der Waals surface area (Å²) in [6, 6.07) is 5.59. The molecule has 4 aromatic rings. The number of aromatic amines is 1. The number of sulfonamides is 1. The molecule has 3 aromatic heterocycles. The summed E-state index contributed by atoms with van der Waals surface area (Å²) in [6.07, 6.45) is 1.64. The molecule has 222 valence electrons. The van der Waals surface area contributed by atoms with Gasteiger partial charge in [-0.15, -0.1) is 0 Å². The SMILES string of the molecule is O=CN(c1cn[nH]c1-c1nc(NC2CCCC2)c2ncn([C@@H]3O[C@H](CO)C(O)C3O)c2n1)S(=O)(=O)c1cccc(Cl)c1. The molecule has 15 nitrogen and oxygen atoms in total. The summed E-state index contributed by atoms with van der Waals surface area (Å²) in [4.78, 5) is 25.7. The highest BCUT2D eigenvalue weighted by molar-refractivity contribution is 7.93. The van der Waals surface area contributed by atoms with Crippen LogP contribution in [0.4, 0.5) is 11.5 Å².